The molecule has 1 aromatic carbocycles. The van der Waals surface area contributed by atoms with Gasteiger partial charge in [-0.2, -0.15) is 0 Å². The van der Waals surface area contributed by atoms with Crippen molar-refractivity contribution in [1.29, 1.82) is 0 Å². The Morgan fingerprint density at radius 3 is 2.61 bits per heavy atom. The lowest BCUT2D eigenvalue weighted by Gasteiger charge is -2.10. The van der Waals surface area contributed by atoms with Gasteiger partial charge in [-0.15, -0.1) is 0 Å². The van der Waals surface area contributed by atoms with Crippen LogP contribution in [0.1, 0.15) is 12.0 Å². The lowest BCUT2D eigenvalue weighted by Crippen LogP contribution is -2.20. The molecule has 6 nitrogen and oxygen atoms in total. The van der Waals surface area contributed by atoms with E-state index in [1.807, 2.05) is 0 Å². The first kappa shape index (κ1) is 13.8. The Morgan fingerprint density at radius 2 is 2.06 bits per heavy atom. The molecule has 0 aliphatic heterocycles. The molecular weight excluding hydrogens is 238 g/mol. The maximum atomic E-state index is 10.6. The quantitative estimate of drug-likeness (QED) is 0.740. The molecule has 0 saturated carbocycles. The van der Waals surface area contributed by atoms with Gasteiger partial charge in [0.1, 0.15) is 0 Å². The number of amides is 1. The van der Waals surface area contributed by atoms with Gasteiger partial charge in [0.15, 0.2) is 18.1 Å². The number of aryl methyl sites for hydroxylation is 1. The molecule has 0 heterocycles. The monoisotopic (exact) mass is 253 g/mol. The van der Waals surface area contributed by atoms with Crippen molar-refractivity contribution in [2.24, 2.45) is 5.73 Å². The second kappa shape index (κ2) is 6.48. The number of aliphatic carboxylic acids is 1. The number of benzene rings is 1. The van der Waals surface area contributed by atoms with Crippen LogP contribution in [0.3, 0.4) is 0 Å². The third-order valence-electron chi connectivity index (χ3n) is 2.23. The van der Waals surface area contributed by atoms with E-state index in [1.165, 1.54) is 7.11 Å². The van der Waals surface area contributed by atoms with Crippen molar-refractivity contribution in [2.45, 2.75) is 12.8 Å². The number of carboxylic acid groups (broad SMARTS) is 1. The second-order valence-electron chi connectivity index (χ2n) is 3.63. The van der Waals surface area contributed by atoms with Crippen LogP contribution in [-0.4, -0.2) is 30.7 Å². The van der Waals surface area contributed by atoms with E-state index in [1.54, 1.807) is 18.2 Å². The molecule has 1 aromatic rings. The Hall–Kier alpha value is -2.24. The maximum absolute atomic E-state index is 10.6. The van der Waals surface area contributed by atoms with Crippen LogP contribution in [0.5, 0.6) is 11.5 Å². The van der Waals surface area contributed by atoms with Crippen LogP contribution >= 0.6 is 0 Å². The highest BCUT2D eigenvalue weighted by Gasteiger charge is 2.08. The zero-order chi connectivity index (χ0) is 13.5. The summed E-state index contributed by atoms with van der Waals surface area (Å²) in [4.78, 5) is 21.1. The Kier molecular flexibility index (Phi) is 4.98. The van der Waals surface area contributed by atoms with Crippen molar-refractivity contribution in [3.05, 3.63) is 23.8 Å². The molecule has 6 heteroatoms. The zero-order valence-electron chi connectivity index (χ0n) is 10.0. The molecule has 0 unspecified atom stereocenters. The van der Waals surface area contributed by atoms with E-state index >= 15 is 0 Å². The Balaban J connectivity index is 2.75. The lowest BCUT2D eigenvalue weighted by atomic mass is 10.1. The van der Waals surface area contributed by atoms with Crippen LogP contribution in [-0.2, 0) is 16.0 Å². The van der Waals surface area contributed by atoms with Crippen molar-refractivity contribution in [1.82, 2.24) is 0 Å². The Morgan fingerprint density at radius 1 is 1.33 bits per heavy atom. The van der Waals surface area contributed by atoms with E-state index in [2.05, 4.69) is 0 Å². The van der Waals surface area contributed by atoms with Gasteiger partial charge >= 0.3 is 5.97 Å². The standard InChI is InChI=1S/C12H15NO5/c1-17-10-6-8(3-5-12(15)16)2-4-9(10)18-7-11(13)14/h2,4,6H,3,5,7H2,1H3,(H2,13,14)(H,15,16). The first-order valence-corrected chi connectivity index (χ1v) is 5.32. The molecule has 0 atom stereocenters. The molecular formula is C12H15NO5. The summed E-state index contributed by atoms with van der Waals surface area (Å²) in [5.74, 6) is -0.593. The van der Waals surface area contributed by atoms with Crippen LogP contribution < -0.4 is 15.2 Å². The molecule has 0 aliphatic rings. The van der Waals surface area contributed by atoms with Crippen molar-refractivity contribution < 1.29 is 24.2 Å². The molecule has 0 fully saturated rings. The fourth-order valence-corrected chi connectivity index (χ4v) is 1.39. The van der Waals surface area contributed by atoms with Gasteiger partial charge in [0.25, 0.3) is 5.91 Å². The molecule has 0 radical (unpaired) electrons. The van der Waals surface area contributed by atoms with Crippen LogP contribution in [0.2, 0.25) is 0 Å². The van der Waals surface area contributed by atoms with Crippen molar-refractivity contribution in [3.63, 3.8) is 0 Å². The average Bonchev–Trinajstić information content (AvgIpc) is 2.34. The largest absolute Gasteiger partial charge is 0.493 e. The van der Waals surface area contributed by atoms with Crippen molar-refractivity contribution >= 4 is 11.9 Å². The van der Waals surface area contributed by atoms with Crippen LogP contribution in [0.4, 0.5) is 0 Å². The first-order valence-electron chi connectivity index (χ1n) is 5.32. The van der Waals surface area contributed by atoms with Gasteiger partial charge in [-0.25, -0.2) is 0 Å². The van der Waals surface area contributed by atoms with E-state index in [9.17, 15) is 9.59 Å². The maximum Gasteiger partial charge on any atom is 0.303 e. The summed E-state index contributed by atoms with van der Waals surface area (Å²) in [6.07, 6.45) is 0.451. The number of hydrogen-bond donors (Lipinski definition) is 2. The van der Waals surface area contributed by atoms with Gasteiger partial charge in [0, 0.05) is 6.42 Å². The highest BCUT2D eigenvalue weighted by Crippen LogP contribution is 2.28. The van der Waals surface area contributed by atoms with Crippen molar-refractivity contribution in [3.8, 4) is 11.5 Å². The fourth-order valence-electron chi connectivity index (χ4n) is 1.39. The summed E-state index contributed by atoms with van der Waals surface area (Å²) in [7, 11) is 1.47. The minimum Gasteiger partial charge on any atom is -0.493 e. The van der Waals surface area contributed by atoms with Crippen molar-refractivity contribution in [2.75, 3.05) is 13.7 Å². The number of carboxylic acids is 1. The summed E-state index contributed by atoms with van der Waals surface area (Å²) >= 11 is 0. The SMILES string of the molecule is COc1cc(CCC(=O)O)ccc1OCC(N)=O. The average molecular weight is 253 g/mol. The van der Waals surface area contributed by atoms with Crippen LogP contribution in [0, 0.1) is 0 Å². The van der Waals surface area contributed by atoms with E-state index in [0.29, 0.717) is 17.9 Å². The summed E-state index contributed by atoms with van der Waals surface area (Å²) in [5.41, 5.74) is 5.79. The normalized spacial score (nSPS) is 9.83. The van der Waals surface area contributed by atoms with Gasteiger partial charge < -0.3 is 20.3 Å². The number of hydrogen-bond acceptors (Lipinski definition) is 4. The third kappa shape index (κ3) is 4.32. The number of ether oxygens (including phenoxy) is 2. The molecule has 0 aliphatic carbocycles. The zero-order valence-corrected chi connectivity index (χ0v) is 10.0. The van der Waals surface area contributed by atoms with E-state index < -0.39 is 11.9 Å². The van der Waals surface area contributed by atoms with Gasteiger partial charge in [-0.3, -0.25) is 9.59 Å². The molecule has 0 saturated heterocycles. The topological polar surface area (TPSA) is 98.8 Å². The van der Waals surface area contributed by atoms with Gasteiger partial charge in [0.2, 0.25) is 0 Å². The molecule has 0 bridgehead atoms. The second-order valence-corrected chi connectivity index (χ2v) is 3.63. The summed E-state index contributed by atoms with van der Waals surface area (Å²) in [6.45, 7) is -0.231. The van der Waals surface area contributed by atoms with E-state index in [-0.39, 0.29) is 13.0 Å². The van der Waals surface area contributed by atoms with E-state index in [0.717, 1.165) is 5.56 Å². The highest BCUT2D eigenvalue weighted by atomic mass is 16.5. The Labute approximate surface area is 104 Å². The molecule has 98 valence electrons. The van der Waals surface area contributed by atoms with Gasteiger partial charge in [0.05, 0.1) is 7.11 Å². The predicted molar refractivity (Wildman–Crippen MR) is 63.6 cm³/mol. The number of carbonyl (C=O) groups excluding carboxylic acids is 1. The summed E-state index contributed by atoms with van der Waals surface area (Å²) < 4.78 is 10.3. The summed E-state index contributed by atoms with van der Waals surface area (Å²) in [5, 5.41) is 8.59. The van der Waals surface area contributed by atoms with Crippen LogP contribution in [0.15, 0.2) is 18.2 Å². The van der Waals surface area contributed by atoms with Gasteiger partial charge in [-0.05, 0) is 24.1 Å². The van der Waals surface area contributed by atoms with Gasteiger partial charge in [-0.1, -0.05) is 6.07 Å². The molecule has 18 heavy (non-hydrogen) atoms. The molecule has 3 N–H and O–H groups in total. The number of rotatable bonds is 7. The highest BCUT2D eigenvalue weighted by molar-refractivity contribution is 5.75. The number of carbonyl (C=O) groups is 2. The van der Waals surface area contributed by atoms with E-state index in [4.69, 9.17) is 20.3 Å². The number of methoxy groups -OCH3 is 1. The fraction of sp³-hybridized carbons (Fsp3) is 0.333. The predicted octanol–water partition coefficient (Wildman–Crippen LogP) is 0.576. The molecule has 0 spiro atoms. The summed E-state index contributed by atoms with van der Waals surface area (Å²) in [6, 6.07) is 5.03. The number of nitrogens with two attached hydrogens (primary N) is 1. The number of primary amides is 1. The van der Waals surface area contributed by atoms with Crippen LogP contribution in [0.25, 0.3) is 0 Å². The molecule has 0 aromatic heterocycles. The first-order chi connectivity index (χ1) is 8.52. The smallest absolute Gasteiger partial charge is 0.303 e. The minimum atomic E-state index is -0.858. The molecule has 1 amide bonds. The molecule has 1 rings (SSSR count). The minimum absolute atomic E-state index is 0.0463. The lowest BCUT2D eigenvalue weighted by molar-refractivity contribution is -0.137. The third-order valence-corrected chi connectivity index (χ3v) is 2.23. The Bertz CT molecular complexity index is 444.